The molecule has 0 fully saturated rings. The quantitative estimate of drug-likeness (QED) is 0.762. The largest absolute Gasteiger partial charge is 0.495 e. The molecule has 6 heteroatoms. The molecule has 102 valence electrons. The van der Waals surface area contributed by atoms with Gasteiger partial charge in [0.05, 0.1) is 35.8 Å². The lowest BCUT2D eigenvalue weighted by Gasteiger charge is -2.13. The van der Waals surface area contributed by atoms with Crippen LogP contribution in [-0.4, -0.2) is 12.1 Å². The minimum atomic E-state index is 0.168. The zero-order chi connectivity index (χ0) is 14.7. The Balaban J connectivity index is 2.73. The zero-order valence-electron chi connectivity index (χ0n) is 10.5. The topological polar surface area (TPSA) is 45.9 Å². The Morgan fingerprint density at radius 3 is 2.60 bits per heavy atom. The number of pyridine rings is 1. The van der Waals surface area contributed by atoms with E-state index in [4.69, 9.17) is 44.8 Å². The van der Waals surface area contributed by atoms with Gasteiger partial charge in [-0.25, -0.2) is 0 Å². The standard InChI is InChI=1S/C14H9Cl3N2O/c1-20-13-7-19-6-11(9(13)2-3-18)10-4-8(15)5-12(16)14(10)17/h4-7H,2H2,1H3. The Kier molecular flexibility index (Phi) is 4.72. The first-order valence-electron chi connectivity index (χ1n) is 5.61. The van der Waals surface area contributed by atoms with E-state index in [1.807, 2.05) is 0 Å². The maximum Gasteiger partial charge on any atom is 0.141 e. The van der Waals surface area contributed by atoms with Crippen molar-refractivity contribution in [1.82, 2.24) is 4.98 Å². The minimum absolute atomic E-state index is 0.168. The summed E-state index contributed by atoms with van der Waals surface area (Å²) in [5.74, 6) is 0.524. The van der Waals surface area contributed by atoms with Crippen LogP contribution in [0.25, 0.3) is 11.1 Å². The molecule has 2 rings (SSSR count). The van der Waals surface area contributed by atoms with Crippen molar-refractivity contribution >= 4 is 34.8 Å². The summed E-state index contributed by atoms with van der Waals surface area (Å²) in [7, 11) is 1.52. The Labute approximate surface area is 131 Å². The van der Waals surface area contributed by atoms with Crippen LogP contribution in [0.1, 0.15) is 5.56 Å². The van der Waals surface area contributed by atoms with Gasteiger partial charge in [0.1, 0.15) is 5.75 Å². The molecule has 1 aromatic heterocycles. The lowest BCUT2D eigenvalue weighted by Crippen LogP contribution is -1.97. The third kappa shape index (κ3) is 2.83. The number of halogens is 3. The van der Waals surface area contributed by atoms with Gasteiger partial charge in [0.25, 0.3) is 0 Å². The summed E-state index contributed by atoms with van der Waals surface area (Å²) >= 11 is 18.3. The monoisotopic (exact) mass is 326 g/mol. The van der Waals surface area contributed by atoms with Crippen molar-refractivity contribution in [2.24, 2.45) is 0 Å². The molecule has 0 saturated heterocycles. The Morgan fingerprint density at radius 2 is 1.95 bits per heavy atom. The van der Waals surface area contributed by atoms with Crippen LogP contribution in [0.5, 0.6) is 5.75 Å². The molecule has 0 N–H and O–H groups in total. The first-order chi connectivity index (χ1) is 9.58. The van der Waals surface area contributed by atoms with E-state index < -0.39 is 0 Å². The predicted octanol–water partition coefficient (Wildman–Crippen LogP) is 4.78. The number of methoxy groups -OCH3 is 1. The van der Waals surface area contributed by atoms with E-state index in [2.05, 4.69) is 11.1 Å². The van der Waals surface area contributed by atoms with E-state index >= 15 is 0 Å². The van der Waals surface area contributed by atoms with Crippen molar-refractivity contribution in [3.05, 3.63) is 45.2 Å². The van der Waals surface area contributed by atoms with Crippen LogP contribution in [-0.2, 0) is 6.42 Å². The molecule has 3 nitrogen and oxygen atoms in total. The Hall–Kier alpha value is -1.47. The molecule has 0 radical (unpaired) electrons. The van der Waals surface area contributed by atoms with Gasteiger partial charge in [-0.3, -0.25) is 4.98 Å². The van der Waals surface area contributed by atoms with Crippen LogP contribution >= 0.6 is 34.8 Å². The van der Waals surface area contributed by atoms with E-state index in [0.717, 1.165) is 0 Å². The third-order valence-electron chi connectivity index (χ3n) is 2.78. The van der Waals surface area contributed by atoms with Crippen molar-refractivity contribution in [2.75, 3.05) is 7.11 Å². The highest BCUT2D eigenvalue weighted by Crippen LogP contribution is 2.39. The fourth-order valence-corrected chi connectivity index (χ4v) is 2.59. The molecule has 0 amide bonds. The number of nitrogens with zero attached hydrogens (tertiary/aromatic N) is 2. The minimum Gasteiger partial charge on any atom is -0.495 e. The average molecular weight is 328 g/mol. The maximum absolute atomic E-state index is 8.98. The Morgan fingerprint density at radius 1 is 1.20 bits per heavy atom. The van der Waals surface area contributed by atoms with E-state index in [0.29, 0.717) is 37.5 Å². The number of rotatable bonds is 3. The molecule has 1 aromatic carbocycles. The van der Waals surface area contributed by atoms with Gasteiger partial charge in [0, 0.05) is 27.9 Å². The SMILES string of the molecule is COc1cncc(-c2cc(Cl)cc(Cl)c2Cl)c1CC#N. The summed E-state index contributed by atoms with van der Waals surface area (Å²) in [6.07, 6.45) is 3.33. The Bertz CT molecular complexity index is 696. The zero-order valence-corrected chi connectivity index (χ0v) is 12.7. The van der Waals surface area contributed by atoms with Crippen molar-refractivity contribution < 1.29 is 4.74 Å². The second kappa shape index (κ2) is 6.32. The summed E-state index contributed by atoms with van der Waals surface area (Å²) in [4.78, 5) is 4.10. The van der Waals surface area contributed by atoms with Crippen LogP contribution in [0.3, 0.4) is 0 Å². The lowest BCUT2D eigenvalue weighted by molar-refractivity contribution is 0.409. The van der Waals surface area contributed by atoms with Crippen LogP contribution in [0.15, 0.2) is 24.5 Å². The molecule has 0 saturated carbocycles. The fourth-order valence-electron chi connectivity index (χ4n) is 1.89. The van der Waals surface area contributed by atoms with Gasteiger partial charge in [-0.2, -0.15) is 5.26 Å². The first kappa shape index (κ1) is 14.9. The number of hydrogen-bond donors (Lipinski definition) is 0. The van der Waals surface area contributed by atoms with Gasteiger partial charge in [0.15, 0.2) is 0 Å². The van der Waals surface area contributed by atoms with Gasteiger partial charge in [0.2, 0.25) is 0 Å². The van der Waals surface area contributed by atoms with Crippen LogP contribution in [0.2, 0.25) is 15.1 Å². The van der Waals surface area contributed by atoms with E-state index in [9.17, 15) is 0 Å². The predicted molar refractivity (Wildman–Crippen MR) is 80.6 cm³/mol. The summed E-state index contributed by atoms with van der Waals surface area (Å²) in [5, 5.41) is 10.2. The number of ether oxygens (including phenoxy) is 1. The third-order valence-corrected chi connectivity index (χ3v) is 3.80. The van der Waals surface area contributed by atoms with Crippen LogP contribution < -0.4 is 4.74 Å². The molecule has 0 bridgehead atoms. The van der Waals surface area contributed by atoms with Crippen molar-refractivity contribution in [2.45, 2.75) is 6.42 Å². The van der Waals surface area contributed by atoms with E-state index in [1.165, 1.54) is 7.11 Å². The fraction of sp³-hybridized carbons (Fsp3) is 0.143. The molecule has 1 heterocycles. The van der Waals surface area contributed by atoms with Crippen molar-refractivity contribution in [3.8, 4) is 22.9 Å². The number of benzene rings is 1. The van der Waals surface area contributed by atoms with Gasteiger partial charge in [-0.05, 0) is 12.1 Å². The molecular weight excluding hydrogens is 319 g/mol. The summed E-state index contributed by atoms with van der Waals surface area (Å²) in [6, 6.07) is 5.35. The summed E-state index contributed by atoms with van der Waals surface area (Å²) < 4.78 is 5.24. The lowest BCUT2D eigenvalue weighted by atomic mass is 9.99. The van der Waals surface area contributed by atoms with E-state index in [-0.39, 0.29) is 6.42 Å². The molecule has 0 unspecified atom stereocenters. The first-order valence-corrected chi connectivity index (χ1v) is 6.74. The summed E-state index contributed by atoms with van der Waals surface area (Å²) in [5.41, 5.74) is 2.01. The van der Waals surface area contributed by atoms with Crippen LogP contribution in [0.4, 0.5) is 0 Å². The summed E-state index contributed by atoms with van der Waals surface area (Å²) in [6.45, 7) is 0. The molecule has 0 aliphatic rings. The van der Waals surface area contributed by atoms with Crippen molar-refractivity contribution in [1.29, 1.82) is 5.26 Å². The van der Waals surface area contributed by atoms with Gasteiger partial charge in [-0.15, -0.1) is 0 Å². The number of hydrogen-bond acceptors (Lipinski definition) is 3. The molecule has 0 aliphatic carbocycles. The molecular formula is C14H9Cl3N2O. The highest BCUT2D eigenvalue weighted by atomic mass is 35.5. The van der Waals surface area contributed by atoms with Gasteiger partial charge < -0.3 is 4.74 Å². The second-order valence-electron chi connectivity index (χ2n) is 3.95. The average Bonchev–Trinajstić information content (AvgIpc) is 2.43. The number of aromatic nitrogens is 1. The smallest absolute Gasteiger partial charge is 0.141 e. The molecule has 0 spiro atoms. The van der Waals surface area contributed by atoms with Crippen molar-refractivity contribution in [3.63, 3.8) is 0 Å². The molecule has 0 atom stereocenters. The maximum atomic E-state index is 8.98. The highest BCUT2D eigenvalue weighted by molar-refractivity contribution is 6.45. The number of nitriles is 1. The highest BCUT2D eigenvalue weighted by Gasteiger charge is 2.16. The molecule has 0 aliphatic heterocycles. The molecule has 2 aromatic rings. The van der Waals surface area contributed by atoms with Gasteiger partial charge in [-0.1, -0.05) is 34.8 Å². The van der Waals surface area contributed by atoms with E-state index in [1.54, 1.807) is 24.5 Å². The normalized spacial score (nSPS) is 10.2. The van der Waals surface area contributed by atoms with Crippen LogP contribution in [0, 0.1) is 11.3 Å². The van der Waals surface area contributed by atoms with Gasteiger partial charge >= 0.3 is 0 Å². The molecule has 20 heavy (non-hydrogen) atoms. The second-order valence-corrected chi connectivity index (χ2v) is 5.17.